The molecule has 248 valence electrons. The van der Waals surface area contributed by atoms with E-state index in [-0.39, 0.29) is 0 Å². The number of hydrogen-bond donors (Lipinski definition) is 0. The van der Waals surface area contributed by atoms with E-state index in [4.69, 9.17) is 0 Å². The monoisotopic (exact) mass is 588 g/mol. The molecule has 0 bridgehead atoms. The van der Waals surface area contributed by atoms with Crippen LogP contribution in [0.4, 0.5) is 0 Å². The predicted octanol–water partition coefficient (Wildman–Crippen LogP) is 13.5. The van der Waals surface area contributed by atoms with Gasteiger partial charge < -0.3 is 0 Å². The lowest BCUT2D eigenvalue weighted by atomic mass is 10.0. The third-order valence-corrected chi connectivity index (χ3v) is 9.60. The topological polar surface area (TPSA) is 8.81 Å². The van der Waals surface area contributed by atoms with Gasteiger partial charge in [0.05, 0.1) is 13.1 Å². The lowest BCUT2D eigenvalue weighted by Crippen LogP contribution is -2.37. The molecule has 0 aliphatic rings. The van der Waals surface area contributed by atoms with Crippen molar-refractivity contribution in [3.63, 3.8) is 0 Å². The number of unbranched alkanes of at least 4 members (excludes halogenated alkanes) is 28. The number of nitrogens with zero attached hydrogens (tertiary/aromatic N) is 2. The van der Waals surface area contributed by atoms with Gasteiger partial charge in [-0.15, -0.1) is 0 Å². The average molecular weight is 588 g/mol. The highest BCUT2D eigenvalue weighted by molar-refractivity contribution is 4.84. The quantitative estimate of drug-likeness (QED) is 0.0560. The Balaban J connectivity index is 2.07. The summed E-state index contributed by atoms with van der Waals surface area (Å²) in [5.41, 5.74) is 0. The molecule has 0 N–H and O–H groups in total. The molecule has 0 radical (unpaired) electrons. The first-order valence-corrected chi connectivity index (χ1v) is 19.9. The maximum Gasteiger partial charge on any atom is 0.256 e. The van der Waals surface area contributed by atoms with E-state index in [0.29, 0.717) is 0 Å². The fourth-order valence-corrected chi connectivity index (χ4v) is 6.65. The summed E-state index contributed by atoms with van der Waals surface area (Å²) >= 11 is 0. The van der Waals surface area contributed by atoms with Crippen molar-refractivity contribution in [3.05, 3.63) is 18.2 Å². The number of aryl methyl sites for hydroxylation is 2. The molecule has 0 spiro atoms. The van der Waals surface area contributed by atoms with Gasteiger partial charge in [0.2, 0.25) is 0 Å². The Morgan fingerprint density at radius 2 is 0.738 bits per heavy atom. The maximum absolute atomic E-state index is 2.61. The summed E-state index contributed by atoms with van der Waals surface area (Å²) < 4.78 is 5.19. The van der Waals surface area contributed by atoms with Crippen LogP contribution in [0.3, 0.4) is 0 Å². The third-order valence-electron chi connectivity index (χ3n) is 9.60. The van der Waals surface area contributed by atoms with E-state index in [1.54, 1.807) is 5.82 Å². The summed E-state index contributed by atoms with van der Waals surface area (Å²) in [5, 5.41) is 0. The normalized spacial score (nSPS) is 11.6. The molecular formula is C40H79N2+. The van der Waals surface area contributed by atoms with Crippen molar-refractivity contribution in [2.24, 2.45) is 0 Å². The maximum atomic E-state index is 2.61. The standard InChI is InChI=1S/C40H79N2/c1-4-7-10-12-14-16-18-20-21-22-23-25-27-29-31-33-35-40-41(36-9-6-3)38-39-42(40)37-34-32-30-28-26-24-19-17-15-13-11-8-5-2/h38-39H,4-37H2,1-3H3/q+1. The van der Waals surface area contributed by atoms with Crippen molar-refractivity contribution in [1.29, 1.82) is 0 Å². The minimum absolute atomic E-state index is 1.20. The van der Waals surface area contributed by atoms with Crippen LogP contribution in [0.1, 0.15) is 226 Å². The minimum Gasteiger partial charge on any atom is -0.234 e. The molecule has 0 saturated carbocycles. The Morgan fingerprint density at radius 1 is 0.405 bits per heavy atom. The molecule has 0 atom stereocenters. The van der Waals surface area contributed by atoms with Crippen LogP contribution < -0.4 is 4.57 Å². The highest BCUT2D eigenvalue weighted by atomic mass is 15.1. The second-order valence-electron chi connectivity index (χ2n) is 13.8. The highest BCUT2D eigenvalue weighted by Gasteiger charge is 2.16. The van der Waals surface area contributed by atoms with Crippen molar-refractivity contribution in [2.45, 2.75) is 239 Å². The molecule has 1 heterocycles. The third kappa shape index (κ3) is 23.6. The summed E-state index contributed by atoms with van der Waals surface area (Å²) in [6, 6.07) is 0. The molecule has 42 heavy (non-hydrogen) atoms. The first-order chi connectivity index (χ1) is 20.8. The second kappa shape index (κ2) is 31.6. The van der Waals surface area contributed by atoms with Crippen LogP contribution in [-0.2, 0) is 19.5 Å². The molecule has 2 heteroatoms. The van der Waals surface area contributed by atoms with E-state index >= 15 is 0 Å². The number of aromatic nitrogens is 2. The molecule has 1 aromatic rings. The van der Waals surface area contributed by atoms with E-state index in [0.717, 1.165) is 0 Å². The molecule has 0 aromatic carbocycles. The fourth-order valence-electron chi connectivity index (χ4n) is 6.65. The summed E-state index contributed by atoms with van der Waals surface area (Å²) in [4.78, 5) is 0. The Labute approximate surface area is 266 Å². The van der Waals surface area contributed by atoms with E-state index < -0.39 is 0 Å². The van der Waals surface area contributed by atoms with Crippen molar-refractivity contribution < 1.29 is 4.57 Å². The Kier molecular flexibility index (Phi) is 29.5. The van der Waals surface area contributed by atoms with Crippen molar-refractivity contribution in [2.75, 3.05) is 0 Å². The lowest BCUT2D eigenvalue weighted by molar-refractivity contribution is -0.704. The SMILES string of the molecule is CCCCCCCCCCCCCCCCCCc1n(CCCC)cc[n+]1CCCCCCCCCCCCCCC. The molecule has 1 aromatic heterocycles. The molecule has 0 amide bonds. The van der Waals surface area contributed by atoms with Crippen molar-refractivity contribution in [3.8, 4) is 0 Å². The fraction of sp³-hybridized carbons (Fsp3) is 0.925. The van der Waals surface area contributed by atoms with E-state index in [1.165, 1.54) is 219 Å². The van der Waals surface area contributed by atoms with Gasteiger partial charge in [-0.2, -0.15) is 0 Å². The van der Waals surface area contributed by atoms with Gasteiger partial charge in [0, 0.05) is 6.42 Å². The van der Waals surface area contributed by atoms with Crippen molar-refractivity contribution >= 4 is 0 Å². The van der Waals surface area contributed by atoms with Gasteiger partial charge in [0.1, 0.15) is 12.4 Å². The first-order valence-electron chi connectivity index (χ1n) is 19.9. The van der Waals surface area contributed by atoms with Gasteiger partial charge in [-0.3, -0.25) is 0 Å². The zero-order valence-electron chi connectivity index (χ0n) is 29.6. The largest absolute Gasteiger partial charge is 0.256 e. The van der Waals surface area contributed by atoms with Gasteiger partial charge in [-0.25, -0.2) is 9.13 Å². The smallest absolute Gasteiger partial charge is 0.234 e. The Bertz CT molecular complexity index is 648. The van der Waals surface area contributed by atoms with Gasteiger partial charge in [0.25, 0.3) is 5.82 Å². The van der Waals surface area contributed by atoms with Crippen LogP contribution in [0.15, 0.2) is 12.4 Å². The molecule has 0 unspecified atom stereocenters. The molecule has 0 fully saturated rings. The minimum atomic E-state index is 1.20. The number of hydrogen-bond acceptors (Lipinski definition) is 0. The van der Waals surface area contributed by atoms with E-state index in [1.807, 2.05) is 0 Å². The van der Waals surface area contributed by atoms with Crippen LogP contribution in [0.5, 0.6) is 0 Å². The first kappa shape index (κ1) is 39.2. The molecule has 1 rings (SSSR count). The molecule has 0 saturated heterocycles. The summed E-state index contributed by atoms with van der Waals surface area (Å²) in [7, 11) is 0. The van der Waals surface area contributed by atoms with E-state index in [2.05, 4.69) is 42.3 Å². The average Bonchev–Trinajstić information content (AvgIpc) is 3.39. The van der Waals surface area contributed by atoms with Crippen molar-refractivity contribution in [1.82, 2.24) is 4.57 Å². The predicted molar refractivity (Wildman–Crippen MR) is 188 cm³/mol. The molecular weight excluding hydrogens is 508 g/mol. The van der Waals surface area contributed by atoms with Gasteiger partial charge in [-0.1, -0.05) is 194 Å². The molecule has 0 aliphatic heterocycles. The van der Waals surface area contributed by atoms with Crippen LogP contribution in [-0.4, -0.2) is 4.57 Å². The van der Waals surface area contributed by atoms with Gasteiger partial charge in [0.15, 0.2) is 0 Å². The highest BCUT2D eigenvalue weighted by Crippen LogP contribution is 2.15. The summed E-state index contributed by atoms with van der Waals surface area (Å²) in [5.74, 6) is 1.60. The van der Waals surface area contributed by atoms with Crippen LogP contribution in [0, 0.1) is 0 Å². The second-order valence-corrected chi connectivity index (χ2v) is 13.8. The zero-order valence-corrected chi connectivity index (χ0v) is 29.6. The summed E-state index contributed by atoms with van der Waals surface area (Å²) in [6.07, 6.45) is 50.5. The lowest BCUT2D eigenvalue weighted by Gasteiger charge is -2.07. The molecule has 0 aliphatic carbocycles. The molecule has 2 nitrogen and oxygen atoms in total. The van der Waals surface area contributed by atoms with Crippen LogP contribution in [0.25, 0.3) is 0 Å². The van der Waals surface area contributed by atoms with Gasteiger partial charge in [-0.05, 0) is 25.7 Å². The summed E-state index contributed by atoms with van der Waals surface area (Å²) in [6.45, 7) is 9.37. The van der Waals surface area contributed by atoms with Crippen LogP contribution >= 0.6 is 0 Å². The Hall–Kier alpha value is -0.790. The Morgan fingerprint density at radius 3 is 1.12 bits per heavy atom. The number of rotatable bonds is 34. The zero-order chi connectivity index (χ0) is 30.2. The van der Waals surface area contributed by atoms with Gasteiger partial charge >= 0.3 is 0 Å². The van der Waals surface area contributed by atoms with E-state index in [9.17, 15) is 0 Å². The number of imidazole rings is 1. The van der Waals surface area contributed by atoms with Crippen LogP contribution in [0.2, 0.25) is 0 Å².